The lowest BCUT2D eigenvalue weighted by atomic mass is 10.1. The van der Waals surface area contributed by atoms with E-state index in [4.69, 9.17) is 0 Å². The Hall–Kier alpha value is -3.52. The molecular weight excluding hydrogens is 328 g/mol. The van der Waals surface area contributed by atoms with Gasteiger partial charge in [0.1, 0.15) is 0 Å². The van der Waals surface area contributed by atoms with E-state index in [1.54, 1.807) is 0 Å². The molecule has 0 aliphatic carbocycles. The van der Waals surface area contributed by atoms with Crippen molar-refractivity contribution in [3.05, 3.63) is 90.5 Å². The van der Waals surface area contributed by atoms with Gasteiger partial charge in [0, 0.05) is 38.3 Å². The van der Waals surface area contributed by atoms with E-state index >= 15 is 0 Å². The lowest BCUT2D eigenvalue weighted by Crippen LogP contribution is -1.93. The third-order valence-electron chi connectivity index (χ3n) is 5.65. The molecular formula is C25H18N2. The molecule has 0 aliphatic rings. The van der Waals surface area contributed by atoms with Crippen LogP contribution in [0.2, 0.25) is 0 Å². The van der Waals surface area contributed by atoms with Gasteiger partial charge in [0.15, 0.2) is 0 Å². The summed E-state index contributed by atoms with van der Waals surface area (Å²) in [4.78, 5) is 3.56. The Morgan fingerprint density at radius 3 is 2.07 bits per heavy atom. The minimum absolute atomic E-state index is 1.18. The second kappa shape index (κ2) is 5.24. The van der Waals surface area contributed by atoms with Crippen LogP contribution in [0.25, 0.3) is 49.3 Å². The standard InChI is InChI=1S/C25H18N2/c1-16-7-6-10-22-25(16)20-15-17(13-14-21(20)26-22)27-23-11-4-2-8-18(23)19-9-3-5-12-24(19)27/h2-15,26H,1H3. The van der Waals surface area contributed by atoms with Crippen LogP contribution in [-0.2, 0) is 0 Å². The molecule has 6 aromatic rings. The molecule has 0 aliphatic heterocycles. The van der Waals surface area contributed by atoms with Crippen molar-refractivity contribution in [3.63, 3.8) is 0 Å². The van der Waals surface area contributed by atoms with Crippen LogP contribution >= 0.6 is 0 Å². The zero-order valence-corrected chi connectivity index (χ0v) is 15.0. The van der Waals surface area contributed by atoms with E-state index in [0.29, 0.717) is 0 Å². The van der Waals surface area contributed by atoms with Crippen molar-refractivity contribution in [2.45, 2.75) is 6.92 Å². The highest BCUT2D eigenvalue weighted by Gasteiger charge is 2.13. The monoisotopic (exact) mass is 346 g/mol. The van der Waals surface area contributed by atoms with Crippen molar-refractivity contribution in [3.8, 4) is 5.69 Å². The highest BCUT2D eigenvalue weighted by Crippen LogP contribution is 2.34. The van der Waals surface area contributed by atoms with Crippen LogP contribution in [0.15, 0.2) is 84.9 Å². The van der Waals surface area contributed by atoms with Crippen LogP contribution in [-0.4, -0.2) is 9.55 Å². The molecule has 0 radical (unpaired) electrons. The Bertz CT molecular complexity index is 1430. The highest BCUT2D eigenvalue weighted by atomic mass is 15.0. The number of H-pyrrole nitrogens is 1. The van der Waals surface area contributed by atoms with E-state index in [9.17, 15) is 0 Å². The van der Waals surface area contributed by atoms with Crippen LogP contribution in [0.3, 0.4) is 0 Å². The summed E-state index contributed by atoms with van der Waals surface area (Å²) >= 11 is 0. The molecule has 2 heterocycles. The van der Waals surface area contributed by atoms with Crippen molar-refractivity contribution >= 4 is 43.6 Å². The van der Waals surface area contributed by atoms with Crippen LogP contribution in [0.4, 0.5) is 0 Å². The molecule has 0 spiro atoms. The number of hydrogen-bond donors (Lipinski definition) is 1. The first-order valence-electron chi connectivity index (χ1n) is 9.31. The first-order chi connectivity index (χ1) is 13.3. The van der Waals surface area contributed by atoms with Gasteiger partial charge in [-0.2, -0.15) is 0 Å². The van der Waals surface area contributed by atoms with Crippen molar-refractivity contribution in [1.82, 2.24) is 9.55 Å². The fourth-order valence-electron chi connectivity index (χ4n) is 4.46. The van der Waals surface area contributed by atoms with Gasteiger partial charge >= 0.3 is 0 Å². The van der Waals surface area contributed by atoms with Gasteiger partial charge < -0.3 is 9.55 Å². The Morgan fingerprint density at radius 2 is 1.33 bits per heavy atom. The van der Waals surface area contributed by atoms with Crippen LogP contribution < -0.4 is 0 Å². The fraction of sp³-hybridized carbons (Fsp3) is 0.0400. The average Bonchev–Trinajstić information content (AvgIpc) is 3.24. The molecule has 2 heteroatoms. The predicted molar refractivity (Wildman–Crippen MR) is 115 cm³/mol. The van der Waals surface area contributed by atoms with Gasteiger partial charge in [-0.25, -0.2) is 0 Å². The number of benzene rings is 4. The number of hydrogen-bond acceptors (Lipinski definition) is 0. The molecule has 0 atom stereocenters. The minimum atomic E-state index is 1.18. The van der Waals surface area contributed by atoms with Crippen LogP contribution in [0.1, 0.15) is 5.56 Å². The summed E-state index contributed by atoms with van der Waals surface area (Å²) in [6.07, 6.45) is 0. The quantitative estimate of drug-likeness (QED) is 0.341. The maximum absolute atomic E-state index is 3.56. The molecule has 0 saturated heterocycles. The second-order valence-electron chi connectivity index (χ2n) is 7.22. The predicted octanol–water partition coefficient (Wildman–Crippen LogP) is 6.73. The first kappa shape index (κ1) is 14.6. The fourth-order valence-corrected chi connectivity index (χ4v) is 4.46. The molecule has 2 aromatic heterocycles. The topological polar surface area (TPSA) is 20.7 Å². The third kappa shape index (κ3) is 1.95. The third-order valence-corrected chi connectivity index (χ3v) is 5.65. The summed E-state index contributed by atoms with van der Waals surface area (Å²) in [7, 11) is 0. The number of nitrogens with zero attached hydrogens (tertiary/aromatic N) is 1. The molecule has 6 rings (SSSR count). The second-order valence-corrected chi connectivity index (χ2v) is 7.22. The van der Waals surface area contributed by atoms with Gasteiger partial charge in [0.05, 0.1) is 11.0 Å². The van der Waals surface area contributed by atoms with E-state index in [2.05, 4.69) is 101 Å². The van der Waals surface area contributed by atoms with Gasteiger partial charge in [-0.05, 0) is 48.9 Å². The molecule has 0 saturated carbocycles. The van der Waals surface area contributed by atoms with E-state index in [-0.39, 0.29) is 0 Å². The van der Waals surface area contributed by atoms with Crippen molar-refractivity contribution in [2.75, 3.05) is 0 Å². The summed E-state index contributed by atoms with van der Waals surface area (Å²) in [5.41, 5.74) is 7.37. The van der Waals surface area contributed by atoms with Gasteiger partial charge in [-0.3, -0.25) is 0 Å². The summed E-state index contributed by atoms with van der Waals surface area (Å²) in [6, 6.07) is 30.5. The Labute approximate surface area is 156 Å². The molecule has 0 fully saturated rings. The molecule has 1 N–H and O–H groups in total. The van der Waals surface area contributed by atoms with E-state index in [1.165, 1.54) is 54.9 Å². The van der Waals surface area contributed by atoms with Crippen molar-refractivity contribution < 1.29 is 0 Å². The number of aromatic nitrogens is 2. The molecule has 0 bridgehead atoms. The highest BCUT2D eigenvalue weighted by molar-refractivity contribution is 6.11. The van der Waals surface area contributed by atoms with E-state index in [1.807, 2.05) is 0 Å². The zero-order valence-electron chi connectivity index (χ0n) is 15.0. The smallest absolute Gasteiger partial charge is 0.0541 e. The van der Waals surface area contributed by atoms with Gasteiger partial charge in [0.2, 0.25) is 0 Å². The summed E-state index contributed by atoms with van der Waals surface area (Å²) < 4.78 is 2.38. The molecule has 128 valence electrons. The zero-order chi connectivity index (χ0) is 18.0. The number of fused-ring (bicyclic) bond motifs is 6. The molecule has 2 nitrogen and oxygen atoms in total. The van der Waals surface area contributed by atoms with Crippen molar-refractivity contribution in [2.24, 2.45) is 0 Å². The number of rotatable bonds is 1. The Morgan fingerprint density at radius 1 is 0.630 bits per heavy atom. The number of aryl methyl sites for hydroxylation is 1. The molecule has 0 amide bonds. The van der Waals surface area contributed by atoms with Crippen LogP contribution in [0.5, 0.6) is 0 Å². The SMILES string of the molecule is Cc1cccc2[nH]c3ccc(-n4c5ccccc5c5ccccc54)cc3c12. The average molecular weight is 346 g/mol. The largest absolute Gasteiger partial charge is 0.355 e. The Balaban J connectivity index is 1.76. The number of nitrogens with one attached hydrogen (secondary N) is 1. The normalized spacial score (nSPS) is 11.9. The lowest BCUT2D eigenvalue weighted by Gasteiger charge is -2.08. The summed E-state index contributed by atoms with van der Waals surface area (Å²) in [5, 5.41) is 5.18. The van der Waals surface area contributed by atoms with Gasteiger partial charge in [0.25, 0.3) is 0 Å². The van der Waals surface area contributed by atoms with Crippen molar-refractivity contribution in [1.29, 1.82) is 0 Å². The van der Waals surface area contributed by atoms with E-state index in [0.717, 1.165) is 0 Å². The molecule has 0 unspecified atom stereocenters. The molecule has 4 aromatic carbocycles. The lowest BCUT2D eigenvalue weighted by molar-refractivity contribution is 1.19. The summed E-state index contributed by atoms with van der Waals surface area (Å²) in [6.45, 7) is 2.18. The maximum atomic E-state index is 3.56. The van der Waals surface area contributed by atoms with Crippen LogP contribution in [0, 0.1) is 6.92 Å². The maximum Gasteiger partial charge on any atom is 0.0541 e. The number of aromatic amines is 1. The van der Waals surface area contributed by atoms with Gasteiger partial charge in [-0.1, -0.05) is 48.5 Å². The Kier molecular flexibility index (Phi) is 2.84. The number of para-hydroxylation sites is 2. The minimum Gasteiger partial charge on any atom is -0.355 e. The first-order valence-corrected chi connectivity index (χ1v) is 9.31. The van der Waals surface area contributed by atoms with E-state index < -0.39 is 0 Å². The molecule has 27 heavy (non-hydrogen) atoms. The van der Waals surface area contributed by atoms with Gasteiger partial charge in [-0.15, -0.1) is 0 Å². The summed E-state index contributed by atoms with van der Waals surface area (Å²) in [5.74, 6) is 0.